The second kappa shape index (κ2) is 6.13. The molecule has 0 radical (unpaired) electrons. The Hall–Kier alpha value is -0.0800. The van der Waals surface area contributed by atoms with E-state index in [4.69, 9.17) is 4.74 Å². The highest BCUT2D eigenvalue weighted by Crippen LogP contribution is 2.45. The van der Waals surface area contributed by atoms with E-state index in [0.717, 1.165) is 12.5 Å². The maximum absolute atomic E-state index is 6.32. The van der Waals surface area contributed by atoms with Crippen molar-refractivity contribution in [2.24, 2.45) is 11.3 Å². The monoisotopic (exact) mass is 267 g/mol. The van der Waals surface area contributed by atoms with E-state index in [2.05, 4.69) is 33.1 Å². The van der Waals surface area contributed by atoms with Crippen LogP contribution in [0, 0.1) is 11.3 Å². The van der Waals surface area contributed by atoms with Crippen LogP contribution in [-0.4, -0.2) is 25.3 Å². The van der Waals surface area contributed by atoms with Crippen molar-refractivity contribution in [2.75, 3.05) is 13.7 Å². The van der Waals surface area contributed by atoms with Gasteiger partial charge in [-0.3, -0.25) is 0 Å². The van der Waals surface area contributed by atoms with Crippen LogP contribution < -0.4 is 5.32 Å². The highest BCUT2D eigenvalue weighted by Gasteiger charge is 2.45. The first-order valence-electron chi connectivity index (χ1n) is 8.32. The maximum Gasteiger partial charge on any atom is 0.0834 e. The molecule has 112 valence electrons. The number of rotatable bonds is 6. The molecular weight excluding hydrogens is 234 g/mol. The third-order valence-corrected chi connectivity index (χ3v) is 5.66. The molecule has 1 N–H and O–H groups in total. The Morgan fingerprint density at radius 3 is 2.21 bits per heavy atom. The summed E-state index contributed by atoms with van der Waals surface area (Å²) >= 11 is 0. The quantitative estimate of drug-likeness (QED) is 0.781. The van der Waals surface area contributed by atoms with Crippen LogP contribution in [0.4, 0.5) is 0 Å². The fourth-order valence-corrected chi connectivity index (χ4v) is 3.89. The predicted molar refractivity (Wildman–Crippen MR) is 81.4 cm³/mol. The van der Waals surface area contributed by atoms with Gasteiger partial charge in [-0.1, -0.05) is 33.1 Å². The average molecular weight is 267 g/mol. The molecule has 19 heavy (non-hydrogen) atoms. The van der Waals surface area contributed by atoms with Crippen molar-refractivity contribution < 1.29 is 4.74 Å². The molecule has 2 heteroatoms. The number of likely N-dealkylation sites (N-methyl/N-ethyl adjacent to an activating group) is 1. The molecule has 0 aliphatic heterocycles. The molecule has 0 bridgehead atoms. The molecule has 1 unspecified atom stereocenters. The Morgan fingerprint density at radius 1 is 1.16 bits per heavy atom. The van der Waals surface area contributed by atoms with Gasteiger partial charge >= 0.3 is 0 Å². The minimum atomic E-state index is 0.106. The van der Waals surface area contributed by atoms with Gasteiger partial charge in [-0.25, -0.2) is 0 Å². The van der Waals surface area contributed by atoms with Gasteiger partial charge in [-0.2, -0.15) is 0 Å². The van der Waals surface area contributed by atoms with Gasteiger partial charge in [0.15, 0.2) is 0 Å². The normalized spacial score (nSPS) is 27.8. The zero-order valence-corrected chi connectivity index (χ0v) is 13.4. The van der Waals surface area contributed by atoms with E-state index in [9.17, 15) is 0 Å². The molecular formula is C17H33NO. The van der Waals surface area contributed by atoms with Crippen molar-refractivity contribution in [3.63, 3.8) is 0 Å². The second-order valence-electron chi connectivity index (χ2n) is 7.54. The molecule has 0 spiro atoms. The number of hydrogen-bond donors (Lipinski definition) is 1. The lowest BCUT2D eigenvalue weighted by atomic mass is 9.66. The first-order valence-corrected chi connectivity index (χ1v) is 8.32. The summed E-state index contributed by atoms with van der Waals surface area (Å²) in [7, 11) is 2.13. The minimum Gasteiger partial charge on any atom is -0.374 e. The molecule has 0 heterocycles. The van der Waals surface area contributed by atoms with Crippen LogP contribution in [0.15, 0.2) is 0 Å². The number of hydrogen-bond acceptors (Lipinski definition) is 2. The van der Waals surface area contributed by atoms with Crippen LogP contribution in [-0.2, 0) is 4.74 Å². The van der Waals surface area contributed by atoms with E-state index in [1.165, 1.54) is 51.4 Å². The highest BCUT2D eigenvalue weighted by molar-refractivity contribution is 4.99. The van der Waals surface area contributed by atoms with Crippen LogP contribution in [0.5, 0.6) is 0 Å². The summed E-state index contributed by atoms with van der Waals surface area (Å²) < 4.78 is 6.32. The van der Waals surface area contributed by atoms with Crippen molar-refractivity contribution in [1.29, 1.82) is 0 Å². The van der Waals surface area contributed by atoms with Crippen LogP contribution in [0.25, 0.3) is 0 Å². The molecule has 0 saturated heterocycles. The number of nitrogens with one attached hydrogen (secondary N) is 1. The minimum absolute atomic E-state index is 0.106. The van der Waals surface area contributed by atoms with Gasteiger partial charge in [0.25, 0.3) is 0 Å². The van der Waals surface area contributed by atoms with Gasteiger partial charge in [0.1, 0.15) is 0 Å². The van der Waals surface area contributed by atoms with E-state index in [1.54, 1.807) is 0 Å². The van der Waals surface area contributed by atoms with Crippen LogP contribution in [0.1, 0.15) is 72.1 Å². The Balaban J connectivity index is 2.03. The lowest BCUT2D eigenvalue weighted by Gasteiger charge is -2.49. The molecule has 2 aliphatic carbocycles. The molecule has 0 aromatic carbocycles. The Bertz CT molecular complexity index is 273. The summed E-state index contributed by atoms with van der Waals surface area (Å²) in [6.07, 6.45) is 10.7. The van der Waals surface area contributed by atoms with Gasteiger partial charge in [0.2, 0.25) is 0 Å². The Labute approximate surface area is 119 Å². The third-order valence-electron chi connectivity index (χ3n) is 5.66. The zero-order chi connectivity index (χ0) is 13.9. The lowest BCUT2D eigenvalue weighted by Crippen LogP contribution is -2.55. The van der Waals surface area contributed by atoms with Gasteiger partial charge in [0, 0.05) is 12.6 Å². The SMILES string of the molecule is CCOC1(C(CC2CCC2)NC)CCC(C)(C)CC1. The van der Waals surface area contributed by atoms with E-state index in [0.29, 0.717) is 11.5 Å². The van der Waals surface area contributed by atoms with Crippen molar-refractivity contribution in [1.82, 2.24) is 5.32 Å². The van der Waals surface area contributed by atoms with Crippen LogP contribution in [0.3, 0.4) is 0 Å². The highest BCUT2D eigenvalue weighted by atomic mass is 16.5. The molecule has 0 aromatic heterocycles. The largest absolute Gasteiger partial charge is 0.374 e. The van der Waals surface area contributed by atoms with Crippen molar-refractivity contribution in [3.8, 4) is 0 Å². The number of ether oxygens (including phenoxy) is 1. The molecule has 1 atom stereocenters. The third kappa shape index (κ3) is 3.52. The van der Waals surface area contributed by atoms with Crippen LogP contribution >= 0.6 is 0 Å². The van der Waals surface area contributed by atoms with E-state index < -0.39 is 0 Å². The van der Waals surface area contributed by atoms with Gasteiger partial charge in [-0.05, 0) is 57.4 Å². The van der Waals surface area contributed by atoms with E-state index in [-0.39, 0.29) is 5.60 Å². The average Bonchev–Trinajstić information content (AvgIpc) is 2.32. The van der Waals surface area contributed by atoms with E-state index in [1.807, 2.05) is 0 Å². The molecule has 0 aromatic rings. The smallest absolute Gasteiger partial charge is 0.0834 e. The summed E-state index contributed by atoms with van der Waals surface area (Å²) in [4.78, 5) is 0. The van der Waals surface area contributed by atoms with Gasteiger partial charge in [-0.15, -0.1) is 0 Å². The first-order chi connectivity index (χ1) is 9.01. The second-order valence-corrected chi connectivity index (χ2v) is 7.54. The Kier molecular flexibility index (Phi) is 4.94. The molecule has 2 saturated carbocycles. The van der Waals surface area contributed by atoms with Gasteiger partial charge in [0.05, 0.1) is 5.60 Å². The van der Waals surface area contributed by atoms with Gasteiger partial charge < -0.3 is 10.1 Å². The lowest BCUT2D eigenvalue weighted by molar-refractivity contribution is -0.110. The fraction of sp³-hybridized carbons (Fsp3) is 1.00. The van der Waals surface area contributed by atoms with Crippen molar-refractivity contribution in [2.45, 2.75) is 83.8 Å². The van der Waals surface area contributed by atoms with Crippen LogP contribution in [0.2, 0.25) is 0 Å². The topological polar surface area (TPSA) is 21.3 Å². The van der Waals surface area contributed by atoms with Crippen molar-refractivity contribution in [3.05, 3.63) is 0 Å². The fourth-order valence-electron chi connectivity index (χ4n) is 3.89. The van der Waals surface area contributed by atoms with Crippen molar-refractivity contribution >= 4 is 0 Å². The molecule has 2 fully saturated rings. The summed E-state index contributed by atoms with van der Waals surface area (Å²) in [5, 5.41) is 3.60. The summed E-state index contributed by atoms with van der Waals surface area (Å²) in [6.45, 7) is 7.81. The summed E-state index contributed by atoms with van der Waals surface area (Å²) in [5.74, 6) is 0.949. The molecule has 2 nitrogen and oxygen atoms in total. The molecule has 2 aliphatic rings. The zero-order valence-electron chi connectivity index (χ0n) is 13.4. The summed E-state index contributed by atoms with van der Waals surface area (Å²) in [5.41, 5.74) is 0.615. The standard InChI is InChI=1S/C17H33NO/c1-5-19-17(11-9-16(2,3)10-12-17)15(18-4)13-14-7-6-8-14/h14-15,18H,5-13H2,1-4H3. The first kappa shape index (κ1) is 15.3. The summed E-state index contributed by atoms with van der Waals surface area (Å²) in [6, 6.07) is 0.550. The maximum atomic E-state index is 6.32. The Morgan fingerprint density at radius 2 is 1.79 bits per heavy atom. The molecule has 0 amide bonds. The predicted octanol–water partition coefficient (Wildman–Crippen LogP) is 4.14. The molecule has 2 rings (SSSR count). The van der Waals surface area contributed by atoms with E-state index >= 15 is 0 Å².